The summed E-state index contributed by atoms with van der Waals surface area (Å²) in [5.41, 5.74) is 0.0220. The quantitative estimate of drug-likeness (QED) is 0.580. The van der Waals surface area contributed by atoms with Crippen molar-refractivity contribution in [3.63, 3.8) is 0 Å². The Hall–Kier alpha value is -0.0400. The molecule has 0 unspecified atom stereocenters. The molecule has 78 valence electrons. The van der Waals surface area contributed by atoms with Crippen LogP contribution in [-0.2, 0) is 4.74 Å². The van der Waals surface area contributed by atoms with Crippen LogP contribution in [-0.4, -0.2) is 11.7 Å². The zero-order valence-corrected chi connectivity index (χ0v) is 10.5. The molecule has 0 radical (unpaired) electrons. The van der Waals surface area contributed by atoms with E-state index in [0.29, 0.717) is 6.10 Å². The van der Waals surface area contributed by atoms with Crippen molar-refractivity contribution in [1.82, 2.24) is 0 Å². The molecule has 0 amide bonds. The molecule has 0 fully saturated rings. The molecule has 12 heavy (non-hydrogen) atoms. The topological polar surface area (TPSA) is 9.23 Å². The van der Waals surface area contributed by atoms with Gasteiger partial charge in [0.15, 0.2) is 0 Å². The maximum atomic E-state index is 5.44. The highest BCUT2D eigenvalue weighted by molar-refractivity contribution is 4.59. The van der Waals surface area contributed by atoms with Crippen LogP contribution in [0.25, 0.3) is 0 Å². The maximum absolute atomic E-state index is 5.44. The van der Waals surface area contributed by atoms with E-state index >= 15 is 0 Å². The molecule has 0 heterocycles. The van der Waals surface area contributed by atoms with Gasteiger partial charge in [-0.2, -0.15) is 0 Å². The highest BCUT2D eigenvalue weighted by Gasteiger charge is 2.10. The Kier molecular flexibility index (Phi) is 16.3. The molecule has 0 N–H and O–H groups in total. The van der Waals surface area contributed by atoms with Gasteiger partial charge in [-0.05, 0) is 34.6 Å². The molecule has 0 saturated heterocycles. The van der Waals surface area contributed by atoms with Crippen molar-refractivity contribution in [3.8, 4) is 0 Å². The Labute approximate surface area is 79.5 Å². The van der Waals surface area contributed by atoms with Crippen LogP contribution >= 0.6 is 0 Å². The van der Waals surface area contributed by atoms with E-state index in [9.17, 15) is 0 Å². The van der Waals surface area contributed by atoms with E-state index in [1.54, 1.807) is 0 Å². The van der Waals surface area contributed by atoms with Gasteiger partial charge in [-0.1, -0.05) is 27.7 Å². The molecule has 1 heteroatoms. The molecule has 0 aromatic rings. The third kappa shape index (κ3) is 32.5. The Morgan fingerprint density at radius 2 is 1.08 bits per heavy atom. The zero-order chi connectivity index (χ0) is 10.8. The average molecular weight is 176 g/mol. The average Bonchev–Trinajstić information content (AvgIpc) is 1.91. The molecule has 0 aromatic heterocycles. The minimum atomic E-state index is 0.0220. The molecule has 0 aliphatic carbocycles. The van der Waals surface area contributed by atoms with E-state index in [4.69, 9.17) is 4.74 Å². The van der Waals surface area contributed by atoms with Crippen LogP contribution < -0.4 is 0 Å². The first-order chi connectivity index (χ1) is 5.42. The van der Waals surface area contributed by atoms with Crippen LogP contribution in [0.3, 0.4) is 0 Å². The molecule has 0 rings (SSSR count). The highest BCUT2D eigenvalue weighted by atomic mass is 16.5. The number of ether oxygens (including phenoxy) is 1. The molecule has 0 aliphatic heterocycles. The van der Waals surface area contributed by atoms with Crippen LogP contribution in [0.4, 0.5) is 0 Å². The van der Waals surface area contributed by atoms with Crippen molar-refractivity contribution in [2.45, 2.75) is 74.0 Å². The Bertz CT molecular complexity index is 59.9. The van der Waals surface area contributed by atoms with Crippen LogP contribution in [0.5, 0.6) is 0 Å². The van der Waals surface area contributed by atoms with Crippen molar-refractivity contribution in [2.24, 2.45) is 0 Å². The summed E-state index contributed by atoms with van der Waals surface area (Å²) >= 11 is 0. The Morgan fingerprint density at radius 1 is 0.833 bits per heavy atom. The third-order valence-corrected chi connectivity index (χ3v) is 0.589. The first-order valence-corrected chi connectivity index (χ1v) is 5.09. The van der Waals surface area contributed by atoms with Gasteiger partial charge in [-0.15, -0.1) is 0 Å². The Balaban J connectivity index is -0.000000175. The van der Waals surface area contributed by atoms with Gasteiger partial charge in [0.2, 0.25) is 0 Å². The summed E-state index contributed by atoms with van der Waals surface area (Å²) in [4.78, 5) is 0. The summed E-state index contributed by atoms with van der Waals surface area (Å²) < 4.78 is 5.44. The largest absolute Gasteiger partial charge is 0.373 e. The highest BCUT2D eigenvalue weighted by Crippen LogP contribution is 2.09. The summed E-state index contributed by atoms with van der Waals surface area (Å²) in [7, 11) is 0. The predicted molar refractivity (Wildman–Crippen MR) is 58.7 cm³/mol. The molecule has 0 aromatic carbocycles. The molecule has 0 spiro atoms. The van der Waals surface area contributed by atoms with E-state index < -0.39 is 0 Å². The lowest BCUT2D eigenvalue weighted by Gasteiger charge is -2.22. The smallest absolute Gasteiger partial charge is 0.0601 e. The molecule has 0 bridgehead atoms. The summed E-state index contributed by atoms with van der Waals surface area (Å²) in [6.45, 7) is 18.3. The maximum Gasteiger partial charge on any atom is 0.0601 e. The van der Waals surface area contributed by atoms with Crippen molar-refractivity contribution in [2.75, 3.05) is 0 Å². The Morgan fingerprint density at radius 3 is 1.08 bits per heavy atom. The second kappa shape index (κ2) is 11.0. The predicted octanol–water partition coefficient (Wildman–Crippen LogP) is 4.26. The van der Waals surface area contributed by atoms with Gasteiger partial charge in [0.25, 0.3) is 0 Å². The first-order valence-electron chi connectivity index (χ1n) is 5.09. The van der Waals surface area contributed by atoms with E-state index in [2.05, 4.69) is 20.8 Å². The zero-order valence-electron chi connectivity index (χ0n) is 10.5. The van der Waals surface area contributed by atoms with Crippen molar-refractivity contribution in [1.29, 1.82) is 0 Å². The summed E-state index contributed by atoms with van der Waals surface area (Å²) in [6, 6.07) is 0. The minimum absolute atomic E-state index is 0.0220. The van der Waals surface area contributed by atoms with E-state index in [1.165, 1.54) is 0 Å². The van der Waals surface area contributed by atoms with Crippen LogP contribution in [0.1, 0.15) is 62.3 Å². The SMILES string of the molecule is CC.CC.CC(C)OC(C)(C)C. The fraction of sp³-hybridized carbons (Fsp3) is 1.00. The van der Waals surface area contributed by atoms with E-state index in [-0.39, 0.29) is 5.60 Å². The summed E-state index contributed by atoms with van der Waals surface area (Å²) in [6.07, 6.45) is 0.343. The molecule has 0 saturated carbocycles. The van der Waals surface area contributed by atoms with Gasteiger partial charge in [-0.25, -0.2) is 0 Å². The van der Waals surface area contributed by atoms with Gasteiger partial charge in [0.1, 0.15) is 0 Å². The minimum Gasteiger partial charge on any atom is -0.373 e. The molecule has 1 nitrogen and oxygen atoms in total. The van der Waals surface area contributed by atoms with E-state index in [0.717, 1.165) is 0 Å². The van der Waals surface area contributed by atoms with Crippen LogP contribution in [0.15, 0.2) is 0 Å². The molecular formula is C11H28O. The molecule has 0 atom stereocenters. The fourth-order valence-corrected chi connectivity index (χ4v) is 0.707. The standard InChI is InChI=1S/C7H16O.2C2H6/c1-6(2)8-7(3,4)5;2*1-2/h6H,1-5H3;2*1-2H3. The van der Waals surface area contributed by atoms with Gasteiger partial charge in [0.05, 0.1) is 11.7 Å². The number of hydrogen-bond donors (Lipinski definition) is 0. The van der Waals surface area contributed by atoms with Gasteiger partial charge < -0.3 is 4.74 Å². The third-order valence-electron chi connectivity index (χ3n) is 0.589. The fourth-order valence-electron chi connectivity index (χ4n) is 0.707. The molecule has 0 aliphatic rings. The summed E-state index contributed by atoms with van der Waals surface area (Å²) in [5.74, 6) is 0. The van der Waals surface area contributed by atoms with Gasteiger partial charge >= 0.3 is 0 Å². The second-order valence-corrected chi connectivity index (χ2v) is 3.28. The van der Waals surface area contributed by atoms with Gasteiger partial charge in [-0.3, -0.25) is 0 Å². The monoisotopic (exact) mass is 176 g/mol. The van der Waals surface area contributed by atoms with Gasteiger partial charge in [0, 0.05) is 0 Å². The van der Waals surface area contributed by atoms with Crippen molar-refractivity contribution >= 4 is 0 Å². The normalized spacial score (nSPS) is 9.50. The van der Waals surface area contributed by atoms with Crippen LogP contribution in [0.2, 0.25) is 0 Å². The van der Waals surface area contributed by atoms with Crippen LogP contribution in [0, 0.1) is 0 Å². The lowest BCUT2D eigenvalue weighted by Crippen LogP contribution is -2.23. The number of rotatable bonds is 1. The second-order valence-electron chi connectivity index (χ2n) is 3.28. The van der Waals surface area contributed by atoms with E-state index in [1.807, 2.05) is 41.5 Å². The summed E-state index contributed by atoms with van der Waals surface area (Å²) in [5, 5.41) is 0. The van der Waals surface area contributed by atoms with Crippen molar-refractivity contribution < 1.29 is 4.74 Å². The lowest BCUT2D eigenvalue weighted by atomic mass is 10.2. The molecular weight excluding hydrogens is 148 g/mol. The van der Waals surface area contributed by atoms with Crippen molar-refractivity contribution in [3.05, 3.63) is 0 Å². The first kappa shape index (κ1) is 17.9. The lowest BCUT2D eigenvalue weighted by molar-refractivity contribution is -0.0424. The number of hydrogen-bond acceptors (Lipinski definition) is 1.